The molecule has 2 aromatic rings. The second-order valence-corrected chi connectivity index (χ2v) is 5.08. The maximum Gasteiger partial charge on any atom is 0.196 e. The summed E-state index contributed by atoms with van der Waals surface area (Å²) in [6.07, 6.45) is 0. The van der Waals surface area contributed by atoms with Gasteiger partial charge in [0.25, 0.3) is 0 Å². The van der Waals surface area contributed by atoms with Crippen LogP contribution in [-0.2, 0) is 0 Å². The Morgan fingerprint density at radius 2 is 1.85 bits per heavy atom. The molecule has 0 unspecified atom stereocenters. The lowest BCUT2D eigenvalue weighted by molar-refractivity contribution is 0.103. The molecule has 3 heteroatoms. The van der Waals surface area contributed by atoms with Gasteiger partial charge in [0, 0.05) is 11.6 Å². The molecule has 0 aromatic heterocycles. The van der Waals surface area contributed by atoms with Gasteiger partial charge in [-0.1, -0.05) is 44.2 Å². The normalized spacial score (nSPS) is 10.6. The fourth-order valence-corrected chi connectivity index (χ4v) is 1.80. The van der Waals surface area contributed by atoms with Crippen LogP contribution >= 0.6 is 0 Å². The highest BCUT2D eigenvalue weighted by Crippen LogP contribution is 2.26. The summed E-state index contributed by atoms with van der Waals surface area (Å²) in [5, 5.41) is 9.99. The van der Waals surface area contributed by atoms with E-state index in [9.17, 15) is 9.90 Å². The Morgan fingerprint density at radius 1 is 1.15 bits per heavy atom. The average Bonchev–Trinajstić information content (AvgIpc) is 2.45. The second-order valence-electron chi connectivity index (χ2n) is 5.08. The molecule has 0 saturated carbocycles. The fourth-order valence-electron chi connectivity index (χ4n) is 1.80. The minimum atomic E-state index is -0.196. The number of ketones is 1. The van der Waals surface area contributed by atoms with Crippen LogP contribution in [0.25, 0.3) is 0 Å². The number of phenolic OH excluding ortho intramolecular Hbond substituents is 1. The summed E-state index contributed by atoms with van der Waals surface area (Å²) in [4.78, 5) is 12.2. The van der Waals surface area contributed by atoms with E-state index in [-0.39, 0.29) is 17.1 Å². The van der Waals surface area contributed by atoms with Gasteiger partial charge in [0.15, 0.2) is 5.78 Å². The number of ether oxygens (including phenoxy) is 1. The largest absolute Gasteiger partial charge is 0.507 e. The predicted molar refractivity (Wildman–Crippen MR) is 78.3 cm³/mol. The monoisotopic (exact) mass is 270 g/mol. The van der Waals surface area contributed by atoms with Gasteiger partial charge in [-0.2, -0.15) is 0 Å². The van der Waals surface area contributed by atoms with Gasteiger partial charge in [-0.15, -0.1) is 0 Å². The van der Waals surface area contributed by atoms with E-state index in [2.05, 4.69) is 0 Å². The molecule has 20 heavy (non-hydrogen) atoms. The van der Waals surface area contributed by atoms with Gasteiger partial charge in [0.2, 0.25) is 0 Å². The van der Waals surface area contributed by atoms with Crippen LogP contribution in [0.4, 0.5) is 0 Å². The third-order valence-electron chi connectivity index (χ3n) is 2.83. The summed E-state index contributed by atoms with van der Waals surface area (Å²) in [5.41, 5.74) is 0.840. The fraction of sp³-hybridized carbons (Fsp3) is 0.235. The summed E-state index contributed by atoms with van der Waals surface area (Å²) in [6, 6.07) is 13.7. The molecular weight excluding hydrogens is 252 g/mol. The number of carbonyl (C=O) groups excluding carboxylic acids is 1. The van der Waals surface area contributed by atoms with Crippen LogP contribution in [0, 0.1) is 5.92 Å². The summed E-state index contributed by atoms with van der Waals surface area (Å²) in [5.74, 6) is 0.724. The van der Waals surface area contributed by atoms with Crippen LogP contribution in [0.5, 0.6) is 11.5 Å². The van der Waals surface area contributed by atoms with E-state index in [0.717, 1.165) is 0 Å². The van der Waals surface area contributed by atoms with Crippen LogP contribution in [-0.4, -0.2) is 17.5 Å². The van der Waals surface area contributed by atoms with Crippen molar-refractivity contribution < 1.29 is 14.6 Å². The SMILES string of the molecule is CC(C)COc1ccc(C(=O)c2ccccc2)c(O)c1. The molecule has 0 saturated heterocycles. The van der Waals surface area contributed by atoms with Crippen molar-refractivity contribution in [2.24, 2.45) is 5.92 Å². The van der Waals surface area contributed by atoms with Gasteiger partial charge >= 0.3 is 0 Å². The van der Waals surface area contributed by atoms with Crippen LogP contribution < -0.4 is 4.74 Å². The van der Waals surface area contributed by atoms with Crippen molar-refractivity contribution in [3.05, 3.63) is 59.7 Å². The zero-order valence-corrected chi connectivity index (χ0v) is 11.7. The van der Waals surface area contributed by atoms with Crippen LogP contribution in [0.1, 0.15) is 29.8 Å². The van der Waals surface area contributed by atoms with Gasteiger partial charge in [-0.3, -0.25) is 4.79 Å². The summed E-state index contributed by atoms with van der Waals surface area (Å²) in [7, 11) is 0. The third-order valence-corrected chi connectivity index (χ3v) is 2.83. The molecule has 1 N–H and O–H groups in total. The molecule has 0 amide bonds. The first kappa shape index (κ1) is 14.1. The molecule has 0 aliphatic rings. The van der Waals surface area contributed by atoms with E-state index in [1.54, 1.807) is 36.4 Å². The van der Waals surface area contributed by atoms with E-state index < -0.39 is 0 Å². The van der Waals surface area contributed by atoms with Crippen molar-refractivity contribution in [3.8, 4) is 11.5 Å². The van der Waals surface area contributed by atoms with Crippen molar-refractivity contribution in [1.29, 1.82) is 0 Å². The van der Waals surface area contributed by atoms with Gasteiger partial charge in [-0.05, 0) is 18.1 Å². The standard InChI is InChI=1S/C17H18O3/c1-12(2)11-20-14-8-9-15(16(18)10-14)17(19)13-6-4-3-5-7-13/h3-10,12,18H,11H2,1-2H3. The number of aromatic hydroxyl groups is 1. The smallest absolute Gasteiger partial charge is 0.196 e. The Morgan fingerprint density at radius 3 is 2.45 bits per heavy atom. The molecule has 0 heterocycles. The maximum absolute atomic E-state index is 12.2. The quantitative estimate of drug-likeness (QED) is 0.843. The number of hydrogen-bond donors (Lipinski definition) is 1. The molecule has 0 atom stereocenters. The highest BCUT2D eigenvalue weighted by Gasteiger charge is 2.14. The van der Waals surface area contributed by atoms with Crippen molar-refractivity contribution >= 4 is 5.78 Å². The molecule has 0 radical (unpaired) electrons. The minimum absolute atomic E-state index is 0.0555. The number of phenols is 1. The Kier molecular flexibility index (Phi) is 4.41. The molecule has 0 aliphatic heterocycles. The first-order valence-corrected chi connectivity index (χ1v) is 6.63. The van der Waals surface area contributed by atoms with Crippen molar-refractivity contribution in [3.63, 3.8) is 0 Å². The maximum atomic E-state index is 12.2. The summed E-state index contributed by atoms with van der Waals surface area (Å²) < 4.78 is 5.52. The second kappa shape index (κ2) is 6.24. The molecule has 0 aliphatic carbocycles. The van der Waals surface area contributed by atoms with E-state index in [1.165, 1.54) is 6.07 Å². The van der Waals surface area contributed by atoms with Crippen molar-refractivity contribution in [2.45, 2.75) is 13.8 Å². The Bertz CT molecular complexity index is 588. The molecule has 0 spiro atoms. The molecule has 2 rings (SSSR count). The van der Waals surface area contributed by atoms with Gasteiger partial charge in [0.1, 0.15) is 11.5 Å². The Hall–Kier alpha value is -2.29. The van der Waals surface area contributed by atoms with Gasteiger partial charge < -0.3 is 9.84 Å². The number of hydrogen-bond acceptors (Lipinski definition) is 3. The highest BCUT2D eigenvalue weighted by molar-refractivity contribution is 6.10. The molecule has 0 fully saturated rings. The first-order chi connectivity index (χ1) is 9.58. The lowest BCUT2D eigenvalue weighted by Crippen LogP contribution is -2.05. The third kappa shape index (κ3) is 3.38. The van der Waals surface area contributed by atoms with Crippen LogP contribution in [0.3, 0.4) is 0 Å². The van der Waals surface area contributed by atoms with Gasteiger partial charge in [0.05, 0.1) is 12.2 Å². The summed E-state index contributed by atoms with van der Waals surface area (Å²) in [6.45, 7) is 4.67. The number of rotatable bonds is 5. The number of carbonyl (C=O) groups is 1. The van der Waals surface area contributed by atoms with E-state index in [4.69, 9.17) is 4.74 Å². The molecule has 2 aromatic carbocycles. The molecule has 104 valence electrons. The highest BCUT2D eigenvalue weighted by atomic mass is 16.5. The Balaban J connectivity index is 2.20. The zero-order valence-electron chi connectivity index (χ0n) is 11.7. The molecular formula is C17H18O3. The van der Waals surface area contributed by atoms with E-state index >= 15 is 0 Å². The molecule has 3 nitrogen and oxygen atoms in total. The molecule has 0 bridgehead atoms. The van der Waals surface area contributed by atoms with E-state index in [0.29, 0.717) is 23.8 Å². The number of benzene rings is 2. The zero-order chi connectivity index (χ0) is 14.5. The van der Waals surface area contributed by atoms with Crippen molar-refractivity contribution in [2.75, 3.05) is 6.61 Å². The topological polar surface area (TPSA) is 46.5 Å². The van der Waals surface area contributed by atoms with Crippen LogP contribution in [0.2, 0.25) is 0 Å². The van der Waals surface area contributed by atoms with Crippen molar-refractivity contribution in [1.82, 2.24) is 0 Å². The van der Waals surface area contributed by atoms with E-state index in [1.807, 2.05) is 19.9 Å². The average molecular weight is 270 g/mol. The predicted octanol–water partition coefficient (Wildman–Crippen LogP) is 3.66. The van der Waals surface area contributed by atoms with Crippen LogP contribution in [0.15, 0.2) is 48.5 Å². The Labute approximate surface area is 118 Å². The van der Waals surface area contributed by atoms with Gasteiger partial charge in [-0.25, -0.2) is 0 Å². The summed E-state index contributed by atoms with van der Waals surface area (Å²) >= 11 is 0. The minimum Gasteiger partial charge on any atom is -0.507 e. The lowest BCUT2D eigenvalue weighted by atomic mass is 10.0. The lowest BCUT2D eigenvalue weighted by Gasteiger charge is -2.10. The first-order valence-electron chi connectivity index (χ1n) is 6.63.